The molecule has 2 saturated heterocycles. The van der Waals surface area contributed by atoms with Gasteiger partial charge in [0.05, 0.1) is 0 Å². The number of ether oxygens (including phenoxy) is 1. The molecule has 2 aliphatic rings. The number of ketones is 1. The summed E-state index contributed by atoms with van der Waals surface area (Å²) in [6.45, 7) is 4.39. The van der Waals surface area contributed by atoms with Crippen LogP contribution in [0, 0.1) is 19.8 Å². The molecule has 4 nitrogen and oxygen atoms in total. The van der Waals surface area contributed by atoms with Crippen molar-refractivity contribution in [3.05, 3.63) is 70.8 Å². The lowest BCUT2D eigenvalue weighted by Gasteiger charge is -2.37. The Morgan fingerprint density at radius 1 is 0.964 bits per heavy atom. The zero-order valence-corrected chi connectivity index (χ0v) is 16.6. The number of hydrogen-bond donors (Lipinski definition) is 0. The second kappa shape index (κ2) is 7.78. The minimum atomic E-state index is -0.242. The van der Waals surface area contributed by atoms with Crippen molar-refractivity contribution in [2.45, 2.75) is 58.2 Å². The molecule has 0 aliphatic carbocycles. The molecule has 2 fully saturated rings. The average Bonchev–Trinajstić information content (AvgIpc) is 2.98. The van der Waals surface area contributed by atoms with Crippen LogP contribution < -0.4 is 0 Å². The van der Waals surface area contributed by atoms with Crippen LogP contribution >= 0.6 is 0 Å². The molecule has 1 amide bonds. The summed E-state index contributed by atoms with van der Waals surface area (Å²) in [5, 5.41) is 0. The van der Waals surface area contributed by atoms with Gasteiger partial charge in [-0.1, -0.05) is 42.5 Å². The molecule has 2 bridgehead atoms. The Kier molecular flexibility index (Phi) is 5.21. The molecular weight excluding hydrogens is 350 g/mol. The predicted molar refractivity (Wildman–Crippen MR) is 108 cm³/mol. The Morgan fingerprint density at radius 2 is 1.64 bits per heavy atom. The van der Waals surface area contributed by atoms with E-state index < -0.39 is 0 Å². The number of Topliss-reactive ketones (excluding diaryl/α,β-unsaturated/α-hetero) is 1. The summed E-state index contributed by atoms with van der Waals surface area (Å²) in [6.07, 6.45) is 3.16. The van der Waals surface area contributed by atoms with Crippen molar-refractivity contribution in [3.63, 3.8) is 0 Å². The first-order chi connectivity index (χ1) is 13.5. The van der Waals surface area contributed by atoms with Crippen molar-refractivity contribution in [2.75, 3.05) is 0 Å². The van der Waals surface area contributed by atoms with Gasteiger partial charge < -0.3 is 9.64 Å². The molecule has 2 aromatic carbocycles. The number of rotatable bonds is 4. The third kappa shape index (κ3) is 3.68. The third-order valence-electron chi connectivity index (χ3n) is 6.31. The van der Waals surface area contributed by atoms with E-state index in [0.29, 0.717) is 6.61 Å². The van der Waals surface area contributed by atoms with Crippen LogP contribution in [0.1, 0.15) is 52.7 Å². The fourth-order valence-electron chi connectivity index (χ4n) is 4.61. The van der Waals surface area contributed by atoms with Crippen LogP contribution in [0.5, 0.6) is 0 Å². The second-order valence-corrected chi connectivity index (χ2v) is 8.16. The molecule has 2 aliphatic heterocycles. The lowest BCUT2D eigenvalue weighted by Crippen LogP contribution is -2.48. The summed E-state index contributed by atoms with van der Waals surface area (Å²) >= 11 is 0. The molecule has 2 atom stereocenters. The van der Waals surface area contributed by atoms with Crippen LogP contribution in [0.4, 0.5) is 4.79 Å². The molecule has 2 aromatic rings. The SMILES string of the molecule is Cc1ccc(C(=O)C2CC3CCC(C2)N3C(=O)OCc2ccccc2)cc1C. The molecule has 0 spiro atoms. The molecule has 4 heteroatoms. The van der Waals surface area contributed by atoms with E-state index in [1.165, 1.54) is 5.56 Å². The first kappa shape index (κ1) is 18.7. The van der Waals surface area contributed by atoms with Crippen LogP contribution in [0.3, 0.4) is 0 Å². The van der Waals surface area contributed by atoms with Crippen LogP contribution in [-0.2, 0) is 11.3 Å². The molecule has 2 unspecified atom stereocenters. The predicted octanol–water partition coefficient (Wildman–Crippen LogP) is 5.07. The zero-order valence-electron chi connectivity index (χ0n) is 16.6. The molecule has 146 valence electrons. The standard InChI is InChI=1S/C24H27NO3/c1-16-8-9-19(12-17(16)2)23(26)20-13-21-10-11-22(14-20)25(21)24(27)28-15-18-6-4-3-5-7-18/h3-9,12,20-22H,10-11,13-15H2,1-2H3. The van der Waals surface area contributed by atoms with Gasteiger partial charge in [-0.2, -0.15) is 0 Å². The van der Waals surface area contributed by atoms with E-state index in [2.05, 4.69) is 6.92 Å². The number of hydrogen-bond acceptors (Lipinski definition) is 3. The van der Waals surface area contributed by atoms with Crippen molar-refractivity contribution >= 4 is 11.9 Å². The minimum Gasteiger partial charge on any atom is -0.445 e. The van der Waals surface area contributed by atoms with Gasteiger partial charge in [0, 0.05) is 23.6 Å². The van der Waals surface area contributed by atoms with Crippen molar-refractivity contribution < 1.29 is 14.3 Å². The van der Waals surface area contributed by atoms with Crippen molar-refractivity contribution in [1.29, 1.82) is 0 Å². The van der Waals surface area contributed by atoms with E-state index in [1.807, 2.05) is 60.4 Å². The number of carbonyl (C=O) groups is 2. The highest BCUT2D eigenvalue weighted by Crippen LogP contribution is 2.40. The number of nitrogens with zero attached hydrogens (tertiary/aromatic N) is 1. The smallest absolute Gasteiger partial charge is 0.410 e. The lowest BCUT2D eigenvalue weighted by molar-refractivity contribution is 0.0485. The molecule has 0 radical (unpaired) electrons. The highest BCUT2D eigenvalue weighted by molar-refractivity contribution is 5.98. The average molecular weight is 377 g/mol. The number of benzene rings is 2. The van der Waals surface area contributed by atoms with E-state index in [4.69, 9.17) is 4.74 Å². The number of carbonyl (C=O) groups excluding carboxylic acids is 2. The largest absolute Gasteiger partial charge is 0.445 e. The third-order valence-corrected chi connectivity index (χ3v) is 6.31. The summed E-state index contributed by atoms with van der Waals surface area (Å²) in [7, 11) is 0. The minimum absolute atomic E-state index is 0.00206. The topological polar surface area (TPSA) is 46.6 Å². The van der Waals surface area contributed by atoms with E-state index in [-0.39, 0.29) is 29.9 Å². The van der Waals surface area contributed by atoms with Crippen LogP contribution in [-0.4, -0.2) is 28.9 Å². The molecule has 2 heterocycles. The van der Waals surface area contributed by atoms with Gasteiger partial charge in [0.2, 0.25) is 0 Å². The van der Waals surface area contributed by atoms with Crippen LogP contribution in [0.15, 0.2) is 48.5 Å². The van der Waals surface area contributed by atoms with E-state index in [9.17, 15) is 9.59 Å². The maximum Gasteiger partial charge on any atom is 0.410 e. The molecular formula is C24H27NO3. The summed E-state index contributed by atoms with van der Waals surface area (Å²) in [4.78, 5) is 27.6. The van der Waals surface area contributed by atoms with Gasteiger partial charge in [-0.05, 0) is 62.3 Å². The molecule has 0 aromatic heterocycles. The Balaban J connectivity index is 1.40. The van der Waals surface area contributed by atoms with Gasteiger partial charge in [-0.15, -0.1) is 0 Å². The highest BCUT2D eigenvalue weighted by atomic mass is 16.6. The van der Waals surface area contributed by atoms with Crippen LogP contribution in [0.2, 0.25) is 0 Å². The Hall–Kier alpha value is -2.62. The Morgan fingerprint density at radius 3 is 2.29 bits per heavy atom. The fourth-order valence-corrected chi connectivity index (χ4v) is 4.61. The van der Waals surface area contributed by atoms with E-state index >= 15 is 0 Å². The summed E-state index contributed by atoms with van der Waals surface area (Å²) in [5.74, 6) is 0.218. The molecule has 28 heavy (non-hydrogen) atoms. The summed E-state index contributed by atoms with van der Waals surface area (Å²) < 4.78 is 5.56. The second-order valence-electron chi connectivity index (χ2n) is 8.16. The maximum atomic E-state index is 13.0. The molecule has 4 rings (SSSR count). The molecule has 0 saturated carbocycles. The van der Waals surface area contributed by atoms with E-state index in [0.717, 1.165) is 42.4 Å². The zero-order chi connectivity index (χ0) is 19.7. The van der Waals surface area contributed by atoms with Gasteiger partial charge >= 0.3 is 6.09 Å². The monoisotopic (exact) mass is 377 g/mol. The number of amides is 1. The highest BCUT2D eigenvalue weighted by Gasteiger charge is 2.45. The number of fused-ring (bicyclic) bond motifs is 2. The Bertz CT molecular complexity index is 863. The van der Waals surface area contributed by atoms with Gasteiger partial charge in [0.15, 0.2) is 5.78 Å². The Labute approximate surface area is 166 Å². The maximum absolute atomic E-state index is 13.0. The van der Waals surface area contributed by atoms with Gasteiger partial charge in [0.25, 0.3) is 0 Å². The first-order valence-corrected chi connectivity index (χ1v) is 10.1. The van der Waals surface area contributed by atoms with E-state index in [1.54, 1.807) is 0 Å². The number of piperidine rings is 1. The summed E-state index contributed by atoms with van der Waals surface area (Å²) in [6, 6.07) is 15.9. The summed E-state index contributed by atoms with van der Waals surface area (Å²) in [5.41, 5.74) is 4.14. The van der Waals surface area contributed by atoms with Crippen molar-refractivity contribution in [1.82, 2.24) is 4.90 Å². The number of aryl methyl sites for hydroxylation is 2. The van der Waals surface area contributed by atoms with Gasteiger partial charge in [-0.25, -0.2) is 4.79 Å². The van der Waals surface area contributed by atoms with Crippen molar-refractivity contribution in [3.8, 4) is 0 Å². The quantitative estimate of drug-likeness (QED) is 0.699. The fraction of sp³-hybridized carbons (Fsp3) is 0.417. The van der Waals surface area contributed by atoms with Gasteiger partial charge in [0.1, 0.15) is 6.61 Å². The van der Waals surface area contributed by atoms with Crippen LogP contribution in [0.25, 0.3) is 0 Å². The van der Waals surface area contributed by atoms with Gasteiger partial charge in [-0.3, -0.25) is 4.79 Å². The van der Waals surface area contributed by atoms with Crippen molar-refractivity contribution in [2.24, 2.45) is 5.92 Å². The molecule has 0 N–H and O–H groups in total. The lowest BCUT2D eigenvalue weighted by atomic mass is 9.84. The first-order valence-electron chi connectivity index (χ1n) is 10.1. The normalized spacial score (nSPS) is 23.5.